The van der Waals surface area contributed by atoms with Gasteiger partial charge in [-0.15, -0.1) is 11.3 Å². The minimum Gasteiger partial charge on any atom is -0.481 e. The van der Waals surface area contributed by atoms with Crippen LogP contribution >= 0.6 is 23.1 Å². The summed E-state index contributed by atoms with van der Waals surface area (Å²) >= 11 is 3.29. The first kappa shape index (κ1) is 14.2. The van der Waals surface area contributed by atoms with Gasteiger partial charge in [0, 0.05) is 22.9 Å². The second-order valence-electron chi connectivity index (χ2n) is 4.26. The van der Waals surface area contributed by atoms with Crippen molar-refractivity contribution < 1.29 is 14.7 Å². The highest BCUT2D eigenvalue weighted by Crippen LogP contribution is 2.19. The van der Waals surface area contributed by atoms with Gasteiger partial charge in [-0.1, -0.05) is 6.07 Å². The highest BCUT2D eigenvalue weighted by Gasteiger charge is 2.28. The van der Waals surface area contributed by atoms with Crippen LogP contribution in [0.2, 0.25) is 0 Å². The topological polar surface area (TPSA) is 69.6 Å². The number of nitrogens with one attached hydrogen (secondary N) is 1. The smallest absolute Gasteiger partial charge is 0.318 e. The lowest BCUT2D eigenvalue weighted by Gasteiger charge is -2.34. The maximum atomic E-state index is 12.1. The van der Waals surface area contributed by atoms with Crippen molar-refractivity contribution >= 4 is 35.1 Å². The van der Waals surface area contributed by atoms with Crippen molar-refractivity contribution in [3.63, 3.8) is 0 Å². The van der Waals surface area contributed by atoms with Crippen molar-refractivity contribution in [3.05, 3.63) is 22.4 Å². The molecule has 2 N–H and O–H groups in total. The van der Waals surface area contributed by atoms with E-state index in [1.165, 1.54) is 0 Å². The molecule has 104 valence electrons. The van der Waals surface area contributed by atoms with E-state index in [0.29, 0.717) is 18.8 Å². The zero-order chi connectivity index (χ0) is 13.7. The second kappa shape index (κ2) is 6.81. The van der Waals surface area contributed by atoms with Crippen molar-refractivity contribution in [1.82, 2.24) is 10.2 Å². The number of rotatable bonds is 4. The highest BCUT2D eigenvalue weighted by atomic mass is 32.2. The Morgan fingerprint density at radius 2 is 2.37 bits per heavy atom. The van der Waals surface area contributed by atoms with Crippen molar-refractivity contribution in [1.29, 1.82) is 0 Å². The van der Waals surface area contributed by atoms with E-state index in [1.807, 2.05) is 17.5 Å². The number of amides is 2. The number of carbonyl (C=O) groups is 2. The predicted molar refractivity (Wildman–Crippen MR) is 76.6 cm³/mol. The van der Waals surface area contributed by atoms with Gasteiger partial charge < -0.3 is 15.3 Å². The standard InChI is InChI=1S/C12H16N2O3S2/c15-11(16)6-9-8-18-5-3-14(9)12(17)13-7-10-2-1-4-19-10/h1-2,4,9H,3,5-8H2,(H,13,17)(H,15,16). The maximum absolute atomic E-state index is 12.1. The Labute approximate surface area is 120 Å². The Kier molecular flexibility index (Phi) is 5.09. The van der Waals surface area contributed by atoms with Gasteiger partial charge in [0.1, 0.15) is 0 Å². The van der Waals surface area contributed by atoms with E-state index in [1.54, 1.807) is 28.0 Å². The summed E-state index contributed by atoms with van der Waals surface area (Å²) in [6, 6.07) is 3.53. The third-order valence-electron chi connectivity index (χ3n) is 2.89. The lowest BCUT2D eigenvalue weighted by atomic mass is 10.2. The third-order valence-corrected chi connectivity index (χ3v) is 4.86. The van der Waals surface area contributed by atoms with Gasteiger partial charge in [0.2, 0.25) is 0 Å². The lowest BCUT2D eigenvalue weighted by Crippen LogP contribution is -2.51. The molecule has 0 bridgehead atoms. The van der Waals surface area contributed by atoms with Crippen LogP contribution in [0.3, 0.4) is 0 Å². The number of urea groups is 1. The quantitative estimate of drug-likeness (QED) is 0.890. The zero-order valence-corrected chi connectivity index (χ0v) is 12.0. The molecule has 0 radical (unpaired) electrons. The SMILES string of the molecule is O=C(O)CC1CSCCN1C(=O)NCc1cccs1. The van der Waals surface area contributed by atoms with Crippen molar-refractivity contribution in [3.8, 4) is 0 Å². The molecule has 0 aromatic carbocycles. The molecule has 2 rings (SSSR count). The number of carbonyl (C=O) groups excluding carboxylic acids is 1. The molecule has 1 unspecified atom stereocenters. The molecule has 0 spiro atoms. The Balaban J connectivity index is 1.89. The van der Waals surface area contributed by atoms with Gasteiger partial charge >= 0.3 is 12.0 Å². The average molecular weight is 300 g/mol. The molecule has 0 saturated carbocycles. The van der Waals surface area contributed by atoms with Crippen molar-refractivity contribution in [2.45, 2.75) is 19.0 Å². The summed E-state index contributed by atoms with van der Waals surface area (Å²) in [7, 11) is 0. The summed E-state index contributed by atoms with van der Waals surface area (Å²) < 4.78 is 0. The highest BCUT2D eigenvalue weighted by molar-refractivity contribution is 7.99. The monoisotopic (exact) mass is 300 g/mol. The van der Waals surface area contributed by atoms with E-state index in [4.69, 9.17) is 5.11 Å². The van der Waals surface area contributed by atoms with Crippen LogP contribution in [0.4, 0.5) is 4.79 Å². The van der Waals surface area contributed by atoms with E-state index < -0.39 is 5.97 Å². The summed E-state index contributed by atoms with van der Waals surface area (Å²) in [4.78, 5) is 25.7. The number of carboxylic acids is 1. The van der Waals surface area contributed by atoms with Crippen LogP contribution < -0.4 is 5.32 Å². The molecule has 1 atom stereocenters. The van der Waals surface area contributed by atoms with Crippen LogP contribution in [-0.4, -0.2) is 46.1 Å². The minimum absolute atomic E-state index is 0.0133. The number of thiophene rings is 1. The molecule has 5 nitrogen and oxygen atoms in total. The fourth-order valence-corrected chi connectivity index (χ4v) is 3.68. The Morgan fingerprint density at radius 3 is 3.05 bits per heavy atom. The molecule has 2 heterocycles. The van der Waals surface area contributed by atoms with Crippen LogP contribution in [-0.2, 0) is 11.3 Å². The van der Waals surface area contributed by atoms with Gasteiger partial charge in [0.15, 0.2) is 0 Å². The predicted octanol–water partition coefficient (Wildman–Crippen LogP) is 1.85. The fraction of sp³-hybridized carbons (Fsp3) is 0.500. The van der Waals surface area contributed by atoms with Gasteiger partial charge in [-0.3, -0.25) is 4.79 Å². The first-order chi connectivity index (χ1) is 9.16. The van der Waals surface area contributed by atoms with E-state index >= 15 is 0 Å². The van der Waals surface area contributed by atoms with E-state index in [2.05, 4.69) is 5.32 Å². The van der Waals surface area contributed by atoms with Crippen LogP contribution in [0, 0.1) is 0 Å². The largest absolute Gasteiger partial charge is 0.481 e. The summed E-state index contributed by atoms with van der Waals surface area (Å²) in [6.07, 6.45) is 0.0133. The minimum atomic E-state index is -0.858. The van der Waals surface area contributed by atoms with Crippen LogP contribution in [0.1, 0.15) is 11.3 Å². The van der Waals surface area contributed by atoms with Gasteiger partial charge in [-0.25, -0.2) is 4.79 Å². The summed E-state index contributed by atoms with van der Waals surface area (Å²) in [6.45, 7) is 1.11. The number of carboxylic acid groups (broad SMARTS) is 1. The van der Waals surface area contributed by atoms with E-state index in [9.17, 15) is 9.59 Å². The molecule has 19 heavy (non-hydrogen) atoms. The maximum Gasteiger partial charge on any atom is 0.318 e. The van der Waals surface area contributed by atoms with Crippen LogP contribution in [0.15, 0.2) is 17.5 Å². The number of aliphatic carboxylic acids is 1. The van der Waals surface area contributed by atoms with Gasteiger partial charge in [0.25, 0.3) is 0 Å². The molecular weight excluding hydrogens is 284 g/mol. The van der Waals surface area contributed by atoms with Crippen LogP contribution in [0.25, 0.3) is 0 Å². The van der Waals surface area contributed by atoms with Crippen LogP contribution in [0.5, 0.6) is 0 Å². The summed E-state index contributed by atoms with van der Waals surface area (Å²) in [5.74, 6) is 0.699. The number of thioether (sulfide) groups is 1. The molecule has 1 aromatic rings. The Morgan fingerprint density at radius 1 is 1.53 bits per heavy atom. The normalized spacial score (nSPS) is 19.2. The number of nitrogens with zero attached hydrogens (tertiary/aromatic N) is 1. The second-order valence-corrected chi connectivity index (χ2v) is 6.44. The summed E-state index contributed by atoms with van der Waals surface area (Å²) in [5, 5.41) is 13.7. The lowest BCUT2D eigenvalue weighted by molar-refractivity contribution is -0.137. The zero-order valence-electron chi connectivity index (χ0n) is 10.4. The summed E-state index contributed by atoms with van der Waals surface area (Å²) in [5.41, 5.74) is 0. The third kappa shape index (κ3) is 4.14. The first-order valence-corrected chi connectivity index (χ1v) is 8.06. The molecule has 1 aliphatic rings. The Hall–Kier alpha value is -1.21. The number of hydrogen-bond donors (Lipinski definition) is 2. The molecule has 7 heteroatoms. The van der Waals surface area contributed by atoms with Gasteiger partial charge in [-0.2, -0.15) is 11.8 Å². The number of hydrogen-bond acceptors (Lipinski definition) is 4. The molecule has 1 aliphatic heterocycles. The first-order valence-electron chi connectivity index (χ1n) is 6.03. The van der Waals surface area contributed by atoms with Crippen molar-refractivity contribution in [2.24, 2.45) is 0 Å². The fourth-order valence-electron chi connectivity index (χ4n) is 1.97. The van der Waals surface area contributed by atoms with E-state index in [0.717, 1.165) is 10.6 Å². The van der Waals surface area contributed by atoms with E-state index in [-0.39, 0.29) is 18.5 Å². The molecular formula is C12H16N2O3S2. The van der Waals surface area contributed by atoms with Gasteiger partial charge in [-0.05, 0) is 11.4 Å². The average Bonchev–Trinajstić information content (AvgIpc) is 2.89. The van der Waals surface area contributed by atoms with Crippen molar-refractivity contribution in [2.75, 3.05) is 18.1 Å². The molecule has 1 fully saturated rings. The molecule has 0 aliphatic carbocycles. The molecule has 1 aromatic heterocycles. The van der Waals surface area contributed by atoms with Gasteiger partial charge in [0.05, 0.1) is 19.0 Å². The molecule has 2 amide bonds. The molecule has 1 saturated heterocycles. The Bertz CT molecular complexity index is 436.